The number of fused-ring (bicyclic) bond motifs is 1. The minimum atomic E-state index is 0.120. The van der Waals surface area contributed by atoms with Crippen molar-refractivity contribution in [1.82, 2.24) is 4.57 Å². The summed E-state index contributed by atoms with van der Waals surface area (Å²) in [4.78, 5) is 12.1. The molecule has 4 rings (SSSR count). The van der Waals surface area contributed by atoms with Crippen LogP contribution in [-0.2, 0) is 11.3 Å². The summed E-state index contributed by atoms with van der Waals surface area (Å²) in [6.45, 7) is 4.94. The fourth-order valence-corrected chi connectivity index (χ4v) is 4.93. The lowest BCUT2D eigenvalue weighted by atomic mass is 9.86. The van der Waals surface area contributed by atoms with E-state index in [0.717, 1.165) is 12.5 Å². The molecule has 1 aromatic heterocycles. The number of benzene rings is 2. The monoisotopic (exact) mass is 373 g/mol. The van der Waals surface area contributed by atoms with Gasteiger partial charge in [-0.05, 0) is 49.8 Å². The summed E-state index contributed by atoms with van der Waals surface area (Å²) in [6, 6.07) is 17.4. The molecule has 2 nitrogen and oxygen atoms in total. The molecule has 1 heterocycles. The molecule has 1 aliphatic carbocycles. The molecule has 0 bridgehead atoms. The van der Waals surface area contributed by atoms with E-state index in [0.29, 0.717) is 6.42 Å². The predicted molar refractivity (Wildman–Crippen MR) is 117 cm³/mol. The van der Waals surface area contributed by atoms with E-state index in [1.807, 2.05) is 0 Å². The van der Waals surface area contributed by atoms with Gasteiger partial charge in [-0.3, -0.25) is 4.79 Å². The Morgan fingerprint density at radius 1 is 1.07 bits per heavy atom. The summed E-state index contributed by atoms with van der Waals surface area (Å²) in [5, 5.41) is 1.30. The third-order valence-corrected chi connectivity index (χ3v) is 6.31. The highest BCUT2D eigenvalue weighted by Crippen LogP contribution is 2.36. The first kappa shape index (κ1) is 19.0. The molecule has 0 spiro atoms. The van der Waals surface area contributed by atoms with Crippen molar-refractivity contribution in [1.29, 1.82) is 0 Å². The van der Waals surface area contributed by atoms with E-state index in [2.05, 4.69) is 66.2 Å². The Morgan fingerprint density at radius 2 is 1.86 bits per heavy atom. The highest BCUT2D eigenvalue weighted by molar-refractivity contribution is 5.86. The summed E-state index contributed by atoms with van der Waals surface area (Å²) in [7, 11) is 0. The first-order valence-corrected chi connectivity index (χ1v) is 10.8. The molecule has 0 N–H and O–H groups in total. The van der Waals surface area contributed by atoms with Crippen LogP contribution in [-0.4, -0.2) is 10.4 Å². The van der Waals surface area contributed by atoms with Crippen LogP contribution in [0.3, 0.4) is 0 Å². The van der Waals surface area contributed by atoms with Crippen molar-refractivity contribution < 1.29 is 4.79 Å². The first-order chi connectivity index (χ1) is 13.6. The molecule has 3 aromatic rings. The van der Waals surface area contributed by atoms with Crippen molar-refractivity contribution in [3.05, 3.63) is 71.4 Å². The van der Waals surface area contributed by atoms with Crippen molar-refractivity contribution in [3.8, 4) is 0 Å². The highest BCUT2D eigenvalue weighted by Gasteiger charge is 2.23. The number of carbonyl (C=O) groups excluding carboxylic acids is 1. The van der Waals surface area contributed by atoms with Crippen molar-refractivity contribution in [3.63, 3.8) is 0 Å². The Kier molecular flexibility index (Phi) is 5.66. The lowest BCUT2D eigenvalue weighted by molar-refractivity contribution is -0.117. The van der Waals surface area contributed by atoms with Gasteiger partial charge in [0, 0.05) is 36.0 Å². The molecule has 1 unspecified atom stereocenters. The average molecular weight is 374 g/mol. The number of para-hydroxylation sites is 1. The van der Waals surface area contributed by atoms with Crippen LogP contribution >= 0.6 is 0 Å². The summed E-state index contributed by atoms with van der Waals surface area (Å²) in [6.07, 6.45) is 9.71. The molecule has 0 amide bonds. The van der Waals surface area contributed by atoms with Gasteiger partial charge in [-0.1, -0.05) is 67.3 Å². The number of aryl methyl sites for hydroxylation is 1. The summed E-state index contributed by atoms with van der Waals surface area (Å²) in [5.74, 6) is 1.15. The SMILES string of the molecule is CC(=O)CC(c1cccc(C)c1)c1cn(CC2CCCCC2)c2ccccc12. The maximum atomic E-state index is 12.1. The maximum absolute atomic E-state index is 12.1. The number of ketones is 1. The van der Waals surface area contributed by atoms with Crippen LogP contribution in [0.25, 0.3) is 10.9 Å². The second kappa shape index (κ2) is 8.34. The minimum absolute atomic E-state index is 0.120. The van der Waals surface area contributed by atoms with Crippen LogP contribution in [0, 0.1) is 12.8 Å². The quantitative estimate of drug-likeness (QED) is 0.474. The smallest absolute Gasteiger partial charge is 0.130 e. The number of hydrogen-bond donors (Lipinski definition) is 0. The number of hydrogen-bond acceptors (Lipinski definition) is 1. The van der Waals surface area contributed by atoms with E-state index in [-0.39, 0.29) is 11.7 Å². The van der Waals surface area contributed by atoms with Gasteiger partial charge in [-0.2, -0.15) is 0 Å². The van der Waals surface area contributed by atoms with Crippen molar-refractivity contribution >= 4 is 16.7 Å². The molecule has 1 saturated carbocycles. The second-order valence-corrected chi connectivity index (χ2v) is 8.63. The Labute approximate surface area is 168 Å². The van der Waals surface area contributed by atoms with E-state index < -0.39 is 0 Å². The predicted octanol–water partition coefficient (Wildman–Crippen LogP) is 6.64. The number of nitrogens with zero attached hydrogens (tertiary/aromatic N) is 1. The topological polar surface area (TPSA) is 22.0 Å². The van der Waals surface area contributed by atoms with Crippen molar-refractivity contribution in [2.75, 3.05) is 0 Å². The van der Waals surface area contributed by atoms with Gasteiger partial charge in [0.2, 0.25) is 0 Å². The Balaban J connectivity index is 1.77. The summed E-state index contributed by atoms with van der Waals surface area (Å²) in [5.41, 5.74) is 5.10. The molecule has 1 atom stereocenters. The Hall–Kier alpha value is -2.35. The van der Waals surface area contributed by atoms with Crippen LogP contribution in [0.1, 0.15) is 68.1 Å². The zero-order chi connectivity index (χ0) is 19.5. The molecular formula is C26H31NO. The molecule has 0 aliphatic heterocycles. The normalized spacial score (nSPS) is 16.4. The Morgan fingerprint density at radius 3 is 2.61 bits per heavy atom. The standard InChI is InChI=1S/C26H31NO/c1-19-9-8-12-22(15-19)24(16-20(2)28)25-18-27(17-21-10-4-3-5-11-21)26-14-7-6-13-23(25)26/h6-9,12-15,18,21,24H,3-5,10-11,16-17H2,1-2H3. The van der Waals surface area contributed by atoms with E-state index in [1.54, 1.807) is 6.92 Å². The molecular weight excluding hydrogens is 342 g/mol. The summed E-state index contributed by atoms with van der Waals surface area (Å²) < 4.78 is 2.46. The molecule has 1 aliphatic rings. The number of aromatic nitrogens is 1. The lowest BCUT2D eigenvalue weighted by Gasteiger charge is -2.22. The third kappa shape index (κ3) is 4.06. The molecule has 1 fully saturated rings. The van der Waals surface area contributed by atoms with Gasteiger partial charge in [0.1, 0.15) is 5.78 Å². The largest absolute Gasteiger partial charge is 0.347 e. The molecule has 2 heteroatoms. The number of carbonyl (C=O) groups is 1. The van der Waals surface area contributed by atoms with E-state index >= 15 is 0 Å². The van der Waals surface area contributed by atoms with Gasteiger partial charge >= 0.3 is 0 Å². The Bertz CT molecular complexity index is 961. The van der Waals surface area contributed by atoms with Crippen LogP contribution < -0.4 is 0 Å². The molecule has 0 radical (unpaired) electrons. The number of Topliss-reactive ketones (excluding diaryl/α,β-unsaturated/α-hetero) is 1. The van der Waals surface area contributed by atoms with Gasteiger partial charge in [-0.15, -0.1) is 0 Å². The van der Waals surface area contributed by atoms with E-state index in [9.17, 15) is 4.79 Å². The maximum Gasteiger partial charge on any atom is 0.130 e. The summed E-state index contributed by atoms with van der Waals surface area (Å²) >= 11 is 0. The highest BCUT2D eigenvalue weighted by atomic mass is 16.1. The van der Waals surface area contributed by atoms with Crippen LogP contribution in [0.4, 0.5) is 0 Å². The molecule has 2 aromatic carbocycles. The molecule has 28 heavy (non-hydrogen) atoms. The van der Waals surface area contributed by atoms with Gasteiger partial charge < -0.3 is 4.57 Å². The van der Waals surface area contributed by atoms with E-state index in [4.69, 9.17) is 0 Å². The second-order valence-electron chi connectivity index (χ2n) is 8.63. The third-order valence-electron chi connectivity index (χ3n) is 6.31. The van der Waals surface area contributed by atoms with Crippen molar-refractivity contribution in [2.45, 2.75) is 64.8 Å². The number of rotatable bonds is 6. The minimum Gasteiger partial charge on any atom is -0.347 e. The van der Waals surface area contributed by atoms with Crippen LogP contribution in [0.2, 0.25) is 0 Å². The van der Waals surface area contributed by atoms with E-state index in [1.165, 1.54) is 59.7 Å². The van der Waals surface area contributed by atoms with Crippen molar-refractivity contribution in [2.24, 2.45) is 5.92 Å². The van der Waals surface area contributed by atoms with Crippen LogP contribution in [0.15, 0.2) is 54.7 Å². The average Bonchev–Trinajstić information content (AvgIpc) is 3.05. The van der Waals surface area contributed by atoms with Gasteiger partial charge in [0.15, 0.2) is 0 Å². The first-order valence-electron chi connectivity index (χ1n) is 10.8. The fourth-order valence-electron chi connectivity index (χ4n) is 4.93. The van der Waals surface area contributed by atoms with Crippen LogP contribution in [0.5, 0.6) is 0 Å². The van der Waals surface area contributed by atoms with Gasteiger partial charge in [0.05, 0.1) is 0 Å². The van der Waals surface area contributed by atoms with Gasteiger partial charge in [0.25, 0.3) is 0 Å². The lowest BCUT2D eigenvalue weighted by Crippen LogP contribution is -2.13. The fraction of sp³-hybridized carbons (Fsp3) is 0.423. The molecule has 146 valence electrons. The van der Waals surface area contributed by atoms with Gasteiger partial charge in [-0.25, -0.2) is 0 Å². The zero-order valence-electron chi connectivity index (χ0n) is 17.2. The zero-order valence-corrected chi connectivity index (χ0v) is 17.2. The molecule has 0 saturated heterocycles.